The Labute approximate surface area is 119 Å². The smallest absolute Gasteiger partial charge is 0.360 e. The van der Waals surface area contributed by atoms with Crippen molar-refractivity contribution in [2.75, 3.05) is 7.11 Å². The van der Waals surface area contributed by atoms with E-state index >= 15 is 0 Å². The van der Waals surface area contributed by atoms with Crippen LogP contribution in [0.5, 0.6) is 0 Å². The summed E-state index contributed by atoms with van der Waals surface area (Å²) >= 11 is 0. The Hall–Kier alpha value is -1.85. The highest BCUT2D eigenvalue weighted by Gasteiger charge is 2.21. The topological polar surface area (TPSA) is 72.6 Å². The van der Waals surface area contributed by atoms with Crippen molar-refractivity contribution >= 4 is 11.9 Å². The summed E-state index contributed by atoms with van der Waals surface area (Å²) in [7, 11) is 1.28. The Morgan fingerprint density at radius 3 is 2.50 bits per heavy atom. The average Bonchev–Trinajstić information content (AvgIpc) is 2.82. The Morgan fingerprint density at radius 1 is 1.35 bits per heavy atom. The van der Waals surface area contributed by atoms with Gasteiger partial charge in [-0.1, -0.05) is 13.8 Å². The van der Waals surface area contributed by atoms with Crippen LogP contribution in [-0.2, 0) is 16.1 Å². The van der Waals surface area contributed by atoms with Crippen LogP contribution in [0.4, 0.5) is 0 Å². The van der Waals surface area contributed by atoms with E-state index in [-0.39, 0.29) is 24.2 Å². The maximum Gasteiger partial charge on any atom is 0.360 e. The number of hydrogen-bond donors (Lipinski definition) is 0. The fourth-order valence-electron chi connectivity index (χ4n) is 1.75. The first-order chi connectivity index (χ1) is 9.35. The van der Waals surface area contributed by atoms with Crippen LogP contribution in [-0.4, -0.2) is 34.9 Å². The molecular formula is C14H22N2O4. The van der Waals surface area contributed by atoms with Gasteiger partial charge in [-0.3, -0.25) is 4.79 Å². The monoisotopic (exact) mass is 282 g/mol. The van der Waals surface area contributed by atoms with Crippen molar-refractivity contribution in [1.82, 2.24) is 9.88 Å². The van der Waals surface area contributed by atoms with Gasteiger partial charge in [-0.2, -0.15) is 0 Å². The Bertz CT molecular complexity index is 465. The molecule has 0 fully saturated rings. The molecule has 0 aliphatic heterocycles. The van der Waals surface area contributed by atoms with Crippen LogP contribution in [0.3, 0.4) is 0 Å². The summed E-state index contributed by atoms with van der Waals surface area (Å²) in [6, 6.07) is 0.0368. The second-order valence-electron chi connectivity index (χ2n) is 5.33. The van der Waals surface area contributed by atoms with E-state index < -0.39 is 5.97 Å². The molecule has 0 aliphatic carbocycles. The first kappa shape index (κ1) is 16.2. The van der Waals surface area contributed by atoms with Gasteiger partial charge in [0.15, 0.2) is 5.69 Å². The van der Waals surface area contributed by atoms with E-state index in [1.807, 2.05) is 27.7 Å². The fraction of sp³-hybridized carbons (Fsp3) is 0.643. The van der Waals surface area contributed by atoms with Gasteiger partial charge in [-0.15, -0.1) is 0 Å². The molecule has 0 bridgehead atoms. The number of esters is 1. The van der Waals surface area contributed by atoms with Gasteiger partial charge in [0, 0.05) is 12.5 Å². The van der Waals surface area contributed by atoms with Crippen LogP contribution in [0.1, 0.15) is 50.5 Å². The van der Waals surface area contributed by atoms with Gasteiger partial charge >= 0.3 is 5.97 Å². The highest BCUT2D eigenvalue weighted by molar-refractivity contribution is 5.86. The second kappa shape index (κ2) is 7.07. The van der Waals surface area contributed by atoms with Crippen LogP contribution in [0.25, 0.3) is 0 Å². The third-order valence-corrected chi connectivity index (χ3v) is 2.78. The lowest BCUT2D eigenvalue weighted by atomic mass is 10.1. The SMILES string of the molecule is COC(=O)c1coc(CN(C(=O)CC(C)C)C(C)C)n1. The van der Waals surface area contributed by atoms with E-state index in [1.165, 1.54) is 13.4 Å². The summed E-state index contributed by atoms with van der Waals surface area (Å²) in [5, 5.41) is 0. The Balaban J connectivity index is 2.78. The normalized spacial score (nSPS) is 10.9. The minimum Gasteiger partial charge on any atom is -0.464 e. The number of hydrogen-bond acceptors (Lipinski definition) is 5. The van der Waals surface area contributed by atoms with Gasteiger partial charge in [-0.05, 0) is 19.8 Å². The van der Waals surface area contributed by atoms with Crippen molar-refractivity contribution in [2.45, 2.75) is 46.7 Å². The lowest BCUT2D eigenvalue weighted by molar-refractivity contribution is -0.134. The number of methoxy groups -OCH3 is 1. The summed E-state index contributed by atoms with van der Waals surface area (Å²) < 4.78 is 9.78. The number of carbonyl (C=O) groups excluding carboxylic acids is 2. The molecule has 0 aliphatic rings. The molecule has 1 aromatic heterocycles. The van der Waals surface area contributed by atoms with Gasteiger partial charge < -0.3 is 14.1 Å². The van der Waals surface area contributed by atoms with Crippen molar-refractivity contribution in [3.8, 4) is 0 Å². The zero-order chi connectivity index (χ0) is 15.3. The first-order valence-electron chi connectivity index (χ1n) is 6.67. The molecule has 0 saturated heterocycles. The molecule has 6 nitrogen and oxygen atoms in total. The number of carbonyl (C=O) groups is 2. The summed E-state index contributed by atoms with van der Waals surface area (Å²) in [4.78, 5) is 29.2. The van der Waals surface area contributed by atoms with Gasteiger partial charge in [0.2, 0.25) is 11.8 Å². The molecule has 20 heavy (non-hydrogen) atoms. The average molecular weight is 282 g/mol. The molecule has 0 atom stereocenters. The van der Waals surface area contributed by atoms with E-state index in [0.717, 1.165) is 0 Å². The molecule has 112 valence electrons. The number of aromatic nitrogens is 1. The quantitative estimate of drug-likeness (QED) is 0.748. The maximum atomic E-state index is 12.2. The Morgan fingerprint density at radius 2 is 2.00 bits per heavy atom. The molecule has 0 N–H and O–H groups in total. The number of rotatable bonds is 6. The van der Waals surface area contributed by atoms with Gasteiger partial charge in [-0.25, -0.2) is 9.78 Å². The summed E-state index contributed by atoms with van der Waals surface area (Å²) in [5.41, 5.74) is 0.113. The largest absolute Gasteiger partial charge is 0.464 e. The highest BCUT2D eigenvalue weighted by Crippen LogP contribution is 2.13. The molecule has 1 rings (SSSR count). The number of ether oxygens (including phenoxy) is 1. The van der Waals surface area contributed by atoms with E-state index in [9.17, 15) is 9.59 Å². The summed E-state index contributed by atoms with van der Waals surface area (Å²) in [6.07, 6.45) is 1.72. The number of oxazole rings is 1. The van der Waals surface area contributed by atoms with Crippen LogP contribution in [0.2, 0.25) is 0 Å². The molecule has 0 spiro atoms. The van der Waals surface area contributed by atoms with E-state index in [4.69, 9.17) is 4.42 Å². The fourth-order valence-corrected chi connectivity index (χ4v) is 1.75. The third kappa shape index (κ3) is 4.36. The van der Waals surface area contributed by atoms with Gasteiger partial charge in [0.1, 0.15) is 6.26 Å². The van der Waals surface area contributed by atoms with E-state index in [2.05, 4.69) is 9.72 Å². The lowest BCUT2D eigenvalue weighted by Gasteiger charge is -2.26. The van der Waals surface area contributed by atoms with Gasteiger partial charge in [0.05, 0.1) is 13.7 Å². The molecule has 0 saturated carbocycles. The zero-order valence-corrected chi connectivity index (χ0v) is 12.7. The van der Waals surface area contributed by atoms with Crippen molar-refractivity contribution in [2.24, 2.45) is 5.92 Å². The molecule has 1 aromatic rings. The van der Waals surface area contributed by atoms with E-state index in [0.29, 0.717) is 18.2 Å². The minimum atomic E-state index is -0.551. The summed E-state index contributed by atoms with van der Waals surface area (Å²) in [5.74, 6) is 0.118. The lowest BCUT2D eigenvalue weighted by Crippen LogP contribution is -2.37. The molecular weight excluding hydrogens is 260 g/mol. The molecule has 0 unspecified atom stereocenters. The number of nitrogens with zero attached hydrogens (tertiary/aromatic N) is 2. The molecule has 1 heterocycles. The van der Waals surface area contributed by atoms with E-state index in [1.54, 1.807) is 4.90 Å². The minimum absolute atomic E-state index is 0.0368. The van der Waals surface area contributed by atoms with Crippen LogP contribution in [0, 0.1) is 5.92 Å². The van der Waals surface area contributed by atoms with Crippen molar-refractivity contribution in [3.63, 3.8) is 0 Å². The van der Waals surface area contributed by atoms with Crippen LogP contribution < -0.4 is 0 Å². The van der Waals surface area contributed by atoms with Crippen molar-refractivity contribution in [1.29, 1.82) is 0 Å². The van der Waals surface area contributed by atoms with Crippen molar-refractivity contribution in [3.05, 3.63) is 17.8 Å². The predicted octanol–water partition coefficient (Wildman–Crippen LogP) is 2.24. The molecule has 0 radical (unpaired) electrons. The van der Waals surface area contributed by atoms with Crippen LogP contribution >= 0.6 is 0 Å². The van der Waals surface area contributed by atoms with Crippen molar-refractivity contribution < 1.29 is 18.7 Å². The maximum absolute atomic E-state index is 12.2. The highest BCUT2D eigenvalue weighted by atomic mass is 16.5. The second-order valence-corrected chi connectivity index (χ2v) is 5.33. The van der Waals surface area contributed by atoms with Gasteiger partial charge in [0.25, 0.3) is 0 Å². The molecule has 0 aromatic carbocycles. The molecule has 1 amide bonds. The Kier molecular flexibility index (Phi) is 5.73. The third-order valence-electron chi connectivity index (χ3n) is 2.78. The molecule has 6 heteroatoms. The predicted molar refractivity (Wildman–Crippen MR) is 73.0 cm³/mol. The summed E-state index contributed by atoms with van der Waals surface area (Å²) in [6.45, 7) is 8.11. The first-order valence-corrected chi connectivity index (χ1v) is 6.67. The zero-order valence-electron chi connectivity index (χ0n) is 12.7. The van der Waals surface area contributed by atoms with Crippen LogP contribution in [0.15, 0.2) is 10.7 Å². The standard InChI is InChI=1S/C14H22N2O4/c1-9(2)6-13(17)16(10(3)4)7-12-15-11(8-20-12)14(18)19-5/h8-10H,6-7H2,1-5H3. The number of amides is 1.